The fourth-order valence-corrected chi connectivity index (χ4v) is 6.19. The van der Waals surface area contributed by atoms with Crippen molar-refractivity contribution in [3.8, 4) is 17.2 Å². The number of carbonyl (C=O) groups is 2. The van der Waals surface area contributed by atoms with Crippen molar-refractivity contribution in [2.24, 2.45) is 17.0 Å². The van der Waals surface area contributed by atoms with E-state index in [1.807, 2.05) is 0 Å². The van der Waals surface area contributed by atoms with Crippen LogP contribution in [0, 0.1) is 17.0 Å². The third-order valence-electron chi connectivity index (χ3n) is 7.92. The second-order valence-electron chi connectivity index (χ2n) is 12.2. The molecule has 1 amide bonds. The van der Waals surface area contributed by atoms with E-state index in [0.29, 0.717) is 39.9 Å². The quantitative estimate of drug-likeness (QED) is 0.100. The molecular weight excluding hydrogens is 723 g/mol. The average Bonchev–Trinajstić information content (AvgIpc) is 3.96. The van der Waals surface area contributed by atoms with Gasteiger partial charge < -0.3 is 29.5 Å². The lowest BCUT2D eigenvalue weighted by Crippen LogP contribution is -2.27. The molecule has 270 valence electrons. The largest absolute Gasteiger partial charge is 0.619 e. The summed E-state index contributed by atoms with van der Waals surface area (Å²) < 4.78 is 72.1. The first-order valence-corrected chi connectivity index (χ1v) is 18.2. The highest BCUT2D eigenvalue weighted by molar-refractivity contribution is 7.88. The van der Waals surface area contributed by atoms with Crippen molar-refractivity contribution in [2.45, 2.75) is 57.0 Å². The van der Waals surface area contributed by atoms with Crippen LogP contribution >= 0.6 is 23.2 Å². The molecule has 0 saturated heterocycles. The Morgan fingerprint density at radius 1 is 0.960 bits per heavy atom. The minimum absolute atomic E-state index is 0.0132. The Kier molecular flexibility index (Phi) is 12.2. The van der Waals surface area contributed by atoms with Crippen molar-refractivity contribution in [1.82, 2.24) is 5.32 Å². The molecule has 50 heavy (non-hydrogen) atoms. The molecule has 3 aromatic rings. The first kappa shape index (κ1) is 37.3. The molecular formula is C33H35Cl2F2N3O9S. The van der Waals surface area contributed by atoms with Gasteiger partial charge in [0, 0.05) is 29.7 Å². The molecule has 3 N–H and O–H groups in total. The fraction of sp³-hybridized carbons (Fsp3) is 0.424. The van der Waals surface area contributed by atoms with Crippen molar-refractivity contribution in [1.29, 1.82) is 0 Å². The number of esters is 1. The van der Waals surface area contributed by atoms with Gasteiger partial charge in [-0.25, -0.2) is 13.6 Å². The van der Waals surface area contributed by atoms with Gasteiger partial charge in [-0.15, -0.1) is 0 Å². The Morgan fingerprint density at radius 3 is 2.20 bits per heavy atom. The van der Waals surface area contributed by atoms with Crippen LogP contribution in [-0.2, 0) is 31.7 Å². The topological polar surface area (TPSA) is 170 Å². The number of pyridine rings is 1. The molecule has 12 nitrogen and oxygen atoms in total. The summed E-state index contributed by atoms with van der Waals surface area (Å²) in [6.45, 7) is -2.57. The number of nitrogens with zero attached hydrogens (tertiary/aromatic N) is 1. The van der Waals surface area contributed by atoms with Gasteiger partial charge in [0.15, 0.2) is 23.9 Å². The highest BCUT2D eigenvalue weighted by atomic mass is 35.5. The van der Waals surface area contributed by atoms with Crippen LogP contribution in [0.5, 0.6) is 17.2 Å². The highest BCUT2D eigenvalue weighted by Crippen LogP contribution is 2.38. The van der Waals surface area contributed by atoms with Gasteiger partial charge in [0.05, 0.1) is 25.4 Å². The number of nitrogens with one attached hydrogen (secondary N) is 1. The van der Waals surface area contributed by atoms with E-state index in [1.54, 1.807) is 0 Å². The zero-order chi connectivity index (χ0) is 36.0. The average molecular weight is 759 g/mol. The molecule has 1 heterocycles. The van der Waals surface area contributed by atoms with E-state index in [1.165, 1.54) is 36.4 Å². The van der Waals surface area contributed by atoms with E-state index < -0.39 is 40.4 Å². The van der Waals surface area contributed by atoms with Gasteiger partial charge in [-0.1, -0.05) is 35.3 Å². The van der Waals surface area contributed by atoms with Gasteiger partial charge in [-0.3, -0.25) is 9.59 Å². The molecule has 2 fully saturated rings. The Labute approximate surface area is 297 Å². The third-order valence-corrected chi connectivity index (χ3v) is 9.29. The monoisotopic (exact) mass is 757 g/mol. The van der Waals surface area contributed by atoms with Crippen molar-refractivity contribution >= 4 is 45.1 Å². The maximum absolute atomic E-state index is 13.1. The van der Waals surface area contributed by atoms with Crippen LogP contribution in [-0.4, -0.2) is 46.7 Å². The maximum Gasteiger partial charge on any atom is 0.387 e. The first-order valence-electron chi connectivity index (χ1n) is 15.8. The van der Waals surface area contributed by atoms with Crippen molar-refractivity contribution in [2.75, 3.05) is 19.8 Å². The first-order chi connectivity index (χ1) is 23.7. The molecule has 0 unspecified atom stereocenters. The van der Waals surface area contributed by atoms with Crippen LogP contribution in [0.3, 0.4) is 0 Å². The number of ether oxygens (including phenoxy) is 4. The molecule has 1 atom stereocenters. The second-order valence-corrected chi connectivity index (χ2v) is 14.6. The van der Waals surface area contributed by atoms with E-state index in [-0.39, 0.29) is 58.9 Å². The number of sulfonamides is 1. The van der Waals surface area contributed by atoms with E-state index in [4.69, 9.17) is 42.6 Å². The van der Waals surface area contributed by atoms with Crippen molar-refractivity contribution in [3.63, 3.8) is 0 Å². The Hall–Kier alpha value is -3.92. The van der Waals surface area contributed by atoms with Crippen LogP contribution in [0.25, 0.3) is 0 Å². The van der Waals surface area contributed by atoms with Gasteiger partial charge in [0.25, 0.3) is 5.91 Å². The molecule has 1 aromatic heterocycles. The van der Waals surface area contributed by atoms with Crippen LogP contribution in [0.4, 0.5) is 8.78 Å². The van der Waals surface area contributed by atoms with Crippen LogP contribution in [0.1, 0.15) is 65.3 Å². The normalized spacial score (nSPS) is 15.0. The predicted molar refractivity (Wildman–Crippen MR) is 178 cm³/mol. The molecule has 0 radical (unpaired) electrons. The summed E-state index contributed by atoms with van der Waals surface area (Å²) in [5, 5.41) is 19.7. The lowest BCUT2D eigenvalue weighted by molar-refractivity contribution is -0.605. The molecule has 2 aromatic carbocycles. The summed E-state index contributed by atoms with van der Waals surface area (Å²) in [6, 6.07) is 8.45. The fourth-order valence-electron chi connectivity index (χ4n) is 4.92. The summed E-state index contributed by atoms with van der Waals surface area (Å²) in [5.74, 6) is -1.02. The zero-order valence-electron chi connectivity index (χ0n) is 26.6. The number of carbonyl (C=O) groups excluding carboxylic acids is 2. The zero-order valence-corrected chi connectivity index (χ0v) is 28.9. The number of benzene rings is 2. The smallest absolute Gasteiger partial charge is 0.387 e. The van der Waals surface area contributed by atoms with E-state index in [2.05, 4.69) is 10.1 Å². The number of primary sulfonamides is 1. The number of hydrogen-bond acceptors (Lipinski definition) is 9. The van der Waals surface area contributed by atoms with Crippen molar-refractivity contribution in [3.05, 3.63) is 86.3 Å². The highest BCUT2D eigenvalue weighted by Gasteiger charge is 2.27. The van der Waals surface area contributed by atoms with Gasteiger partial charge in [-0.05, 0) is 67.3 Å². The SMILES string of the molecule is NS(=O)(=O)Cc1ccc(C(=O)NCCC(=O)O[C@@H](Cc2c(Cl)c[n+]([O-])cc2Cl)c2ccc(OC(F)F)c(OCC3CC3)c2)cc1OCC1CC1. The molecule has 2 aliphatic rings. The summed E-state index contributed by atoms with van der Waals surface area (Å²) in [4.78, 5) is 26.1. The molecule has 2 aliphatic carbocycles. The predicted octanol–water partition coefficient (Wildman–Crippen LogP) is 5.24. The number of amides is 1. The summed E-state index contributed by atoms with van der Waals surface area (Å²) in [6.07, 6.45) is 4.64. The summed E-state index contributed by atoms with van der Waals surface area (Å²) >= 11 is 12.6. The standard InChI is InChI=1S/C33H35Cl2F2N3O9S/c34-25-14-40(43)15-26(35)24(25)13-29(21-7-8-27(49-33(36)37)30(11-21)47-17-20-3-4-20)48-31(41)9-10-39-32(42)22-5-6-23(18-50(38,44)45)28(12-22)46-16-19-1-2-19/h5-8,11-12,14-15,19-20,29,33H,1-4,9-10,13,16-18H2,(H,39,42)(H2,38,44,45)/t29-/m0/s1. The number of hydrogen-bond donors (Lipinski definition) is 2. The van der Waals surface area contributed by atoms with E-state index >= 15 is 0 Å². The van der Waals surface area contributed by atoms with E-state index in [9.17, 15) is 32.0 Å². The third kappa shape index (κ3) is 11.3. The lowest BCUT2D eigenvalue weighted by atomic mass is 10.0. The van der Waals surface area contributed by atoms with Gasteiger partial charge in [-0.2, -0.15) is 13.5 Å². The molecule has 0 spiro atoms. The van der Waals surface area contributed by atoms with Crippen LogP contribution in [0.15, 0.2) is 48.8 Å². The lowest BCUT2D eigenvalue weighted by Gasteiger charge is -2.21. The van der Waals surface area contributed by atoms with Gasteiger partial charge >= 0.3 is 12.6 Å². The molecule has 0 aliphatic heterocycles. The number of halogens is 4. The van der Waals surface area contributed by atoms with Crippen LogP contribution < -0.4 is 29.4 Å². The van der Waals surface area contributed by atoms with Crippen molar-refractivity contribution < 1.29 is 50.5 Å². The Morgan fingerprint density at radius 2 is 1.60 bits per heavy atom. The molecule has 0 bridgehead atoms. The summed E-state index contributed by atoms with van der Waals surface area (Å²) in [7, 11) is -3.85. The molecule has 5 rings (SSSR count). The van der Waals surface area contributed by atoms with Gasteiger partial charge in [0.1, 0.15) is 21.9 Å². The Bertz CT molecular complexity index is 1800. The minimum atomic E-state index is -3.85. The number of rotatable bonds is 18. The number of nitrogens with two attached hydrogens (primary N) is 1. The minimum Gasteiger partial charge on any atom is -0.619 e. The molecule has 2 saturated carbocycles. The Balaban J connectivity index is 1.29. The van der Waals surface area contributed by atoms with E-state index in [0.717, 1.165) is 38.1 Å². The number of aromatic nitrogens is 1. The molecule has 17 heteroatoms. The maximum atomic E-state index is 13.1. The number of alkyl halides is 2. The summed E-state index contributed by atoms with van der Waals surface area (Å²) in [5.41, 5.74) is 1.14. The second kappa shape index (κ2) is 16.4. The van der Waals surface area contributed by atoms with Gasteiger partial charge in [0.2, 0.25) is 10.0 Å². The van der Waals surface area contributed by atoms with Crippen LogP contribution in [0.2, 0.25) is 10.0 Å².